The molecule has 0 radical (unpaired) electrons. The molecule has 0 aliphatic carbocycles. The lowest BCUT2D eigenvalue weighted by atomic mass is 10.0. The molecule has 2 rings (SSSR count). The molecular formula is C10H13N3O5. The third-order valence-corrected chi connectivity index (χ3v) is 2.73. The van der Waals surface area contributed by atoms with Gasteiger partial charge in [0.1, 0.15) is 5.92 Å². The monoisotopic (exact) mass is 255 g/mol. The summed E-state index contributed by atoms with van der Waals surface area (Å²) in [5.41, 5.74) is -0.430. The number of nitrogens with one attached hydrogen (secondary N) is 2. The average molecular weight is 255 g/mol. The molecule has 8 nitrogen and oxygen atoms in total. The Morgan fingerprint density at radius 1 is 1.67 bits per heavy atom. The molecule has 0 amide bonds. The lowest BCUT2D eigenvalue weighted by Gasteiger charge is -2.17. The number of carboxylic acids is 1. The second-order valence-electron chi connectivity index (χ2n) is 3.85. The Balaban J connectivity index is 2.21. The van der Waals surface area contributed by atoms with E-state index in [1.807, 2.05) is 0 Å². The maximum absolute atomic E-state index is 11.5. The second kappa shape index (κ2) is 5.05. The smallest absolute Gasteiger partial charge is 0.311 e. The predicted octanol–water partition coefficient (Wildman–Crippen LogP) is -0.710. The molecule has 1 aromatic rings. The molecule has 2 heterocycles. The Kier molecular flexibility index (Phi) is 3.47. The van der Waals surface area contributed by atoms with E-state index < -0.39 is 23.5 Å². The van der Waals surface area contributed by atoms with Crippen LogP contribution in [0.2, 0.25) is 0 Å². The summed E-state index contributed by atoms with van der Waals surface area (Å²) in [5.74, 6) is -1.39. The van der Waals surface area contributed by atoms with Gasteiger partial charge in [0, 0.05) is 0 Å². The van der Waals surface area contributed by atoms with Crippen LogP contribution in [0.15, 0.2) is 11.1 Å². The van der Waals surface area contributed by atoms with Crippen LogP contribution in [0.3, 0.4) is 0 Å². The van der Waals surface area contributed by atoms with Crippen molar-refractivity contribution in [3.8, 4) is 5.75 Å². The van der Waals surface area contributed by atoms with E-state index >= 15 is 0 Å². The summed E-state index contributed by atoms with van der Waals surface area (Å²) in [7, 11) is 1.34. The summed E-state index contributed by atoms with van der Waals surface area (Å²) in [6.07, 6.45) is 1.22. The van der Waals surface area contributed by atoms with Crippen LogP contribution in [0, 0.1) is 5.92 Å². The number of aromatic amines is 1. The summed E-state index contributed by atoms with van der Waals surface area (Å²) in [5, 5.41) is 11.9. The van der Waals surface area contributed by atoms with Gasteiger partial charge in [-0.15, -0.1) is 0 Å². The third-order valence-electron chi connectivity index (χ3n) is 2.73. The predicted molar refractivity (Wildman–Crippen MR) is 60.8 cm³/mol. The highest BCUT2D eigenvalue weighted by atomic mass is 16.5. The topological polar surface area (TPSA) is 114 Å². The Hall–Kier alpha value is -2.09. The van der Waals surface area contributed by atoms with Gasteiger partial charge in [-0.1, -0.05) is 0 Å². The van der Waals surface area contributed by atoms with Gasteiger partial charge in [0.25, 0.3) is 5.56 Å². The first kappa shape index (κ1) is 12.4. The fraction of sp³-hybridized carbons (Fsp3) is 0.500. The molecule has 1 aliphatic heterocycles. The zero-order valence-electron chi connectivity index (χ0n) is 9.67. The highest BCUT2D eigenvalue weighted by Gasteiger charge is 2.34. The quantitative estimate of drug-likeness (QED) is 0.651. The van der Waals surface area contributed by atoms with Crippen molar-refractivity contribution in [1.29, 1.82) is 0 Å². The molecule has 18 heavy (non-hydrogen) atoms. The number of aliphatic carboxylic acids is 1. The van der Waals surface area contributed by atoms with Crippen molar-refractivity contribution in [1.82, 2.24) is 9.97 Å². The number of carboxylic acid groups (broad SMARTS) is 1. The zero-order chi connectivity index (χ0) is 13.1. The number of aromatic nitrogens is 2. The fourth-order valence-corrected chi connectivity index (χ4v) is 1.79. The first-order chi connectivity index (χ1) is 8.63. The van der Waals surface area contributed by atoms with Crippen molar-refractivity contribution in [2.75, 3.05) is 25.6 Å². The number of hydrogen-bond donors (Lipinski definition) is 3. The minimum Gasteiger partial charge on any atom is -0.489 e. The van der Waals surface area contributed by atoms with Gasteiger partial charge >= 0.3 is 5.97 Å². The van der Waals surface area contributed by atoms with Gasteiger partial charge in [-0.05, 0) is 0 Å². The highest BCUT2D eigenvalue weighted by Crippen LogP contribution is 2.22. The van der Waals surface area contributed by atoms with Gasteiger partial charge in [0.05, 0.1) is 32.7 Å². The zero-order valence-corrected chi connectivity index (χ0v) is 9.67. The molecule has 2 unspecified atom stereocenters. The molecule has 0 saturated carbocycles. The Morgan fingerprint density at radius 2 is 2.44 bits per heavy atom. The summed E-state index contributed by atoms with van der Waals surface area (Å²) < 4.78 is 10.0. The number of hydrogen-bond acceptors (Lipinski definition) is 6. The molecule has 98 valence electrons. The average Bonchev–Trinajstić information content (AvgIpc) is 2.77. The molecular weight excluding hydrogens is 242 g/mol. The summed E-state index contributed by atoms with van der Waals surface area (Å²) in [4.78, 5) is 28.7. The van der Waals surface area contributed by atoms with Crippen LogP contribution in [-0.2, 0) is 9.53 Å². The number of H-pyrrole nitrogens is 1. The summed E-state index contributed by atoms with van der Waals surface area (Å²) in [6, 6.07) is -0.439. The lowest BCUT2D eigenvalue weighted by molar-refractivity contribution is -0.141. The third kappa shape index (κ3) is 2.28. The number of nitrogens with zero attached hydrogens (tertiary/aromatic N) is 1. The number of anilines is 1. The molecule has 0 aromatic carbocycles. The number of ether oxygens (including phenoxy) is 2. The van der Waals surface area contributed by atoms with Crippen LogP contribution >= 0.6 is 0 Å². The van der Waals surface area contributed by atoms with Crippen LogP contribution < -0.4 is 15.6 Å². The molecule has 1 fully saturated rings. The molecule has 1 saturated heterocycles. The molecule has 0 spiro atoms. The Morgan fingerprint density at radius 3 is 3.11 bits per heavy atom. The van der Waals surface area contributed by atoms with E-state index in [1.54, 1.807) is 0 Å². The van der Waals surface area contributed by atoms with E-state index in [2.05, 4.69) is 15.3 Å². The van der Waals surface area contributed by atoms with Crippen LogP contribution in [-0.4, -0.2) is 47.4 Å². The molecule has 1 aromatic heterocycles. The van der Waals surface area contributed by atoms with Crippen LogP contribution in [0.25, 0.3) is 0 Å². The molecule has 3 N–H and O–H groups in total. The molecule has 8 heteroatoms. The van der Waals surface area contributed by atoms with E-state index in [4.69, 9.17) is 14.6 Å². The molecule has 2 atom stereocenters. The first-order valence-corrected chi connectivity index (χ1v) is 5.32. The lowest BCUT2D eigenvalue weighted by Crippen LogP contribution is -2.34. The van der Waals surface area contributed by atoms with Gasteiger partial charge in [-0.3, -0.25) is 9.59 Å². The van der Waals surface area contributed by atoms with Gasteiger partial charge < -0.3 is 24.9 Å². The van der Waals surface area contributed by atoms with Crippen molar-refractivity contribution < 1.29 is 19.4 Å². The van der Waals surface area contributed by atoms with Crippen LogP contribution in [0.4, 0.5) is 5.82 Å². The maximum Gasteiger partial charge on any atom is 0.311 e. The summed E-state index contributed by atoms with van der Waals surface area (Å²) >= 11 is 0. The van der Waals surface area contributed by atoms with Crippen molar-refractivity contribution in [3.63, 3.8) is 0 Å². The molecule has 1 aliphatic rings. The molecule has 0 bridgehead atoms. The Labute approximate surface area is 102 Å². The SMILES string of the molecule is COc1c(NC2COCC2C(=O)O)nc[nH]c1=O. The normalized spacial score (nSPS) is 22.7. The largest absolute Gasteiger partial charge is 0.489 e. The van der Waals surface area contributed by atoms with Crippen molar-refractivity contribution in [2.45, 2.75) is 6.04 Å². The van der Waals surface area contributed by atoms with E-state index in [-0.39, 0.29) is 24.8 Å². The van der Waals surface area contributed by atoms with Crippen LogP contribution in [0.5, 0.6) is 5.75 Å². The van der Waals surface area contributed by atoms with Gasteiger partial charge in [0.15, 0.2) is 5.82 Å². The van der Waals surface area contributed by atoms with E-state index in [0.717, 1.165) is 0 Å². The van der Waals surface area contributed by atoms with Crippen molar-refractivity contribution in [3.05, 3.63) is 16.7 Å². The van der Waals surface area contributed by atoms with E-state index in [1.165, 1.54) is 13.4 Å². The highest BCUT2D eigenvalue weighted by molar-refractivity contribution is 5.72. The number of methoxy groups -OCH3 is 1. The van der Waals surface area contributed by atoms with Crippen LogP contribution in [0.1, 0.15) is 0 Å². The minimum absolute atomic E-state index is 0.0218. The fourth-order valence-electron chi connectivity index (χ4n) is 1.79. The first-order valence-electron chi connectivity index (χ1n) is 5.32. The van der Waals surface area contributed by atoms with Gasteiger partial charge in [-0.2, -0.15) is 0 Å². The van der Waals surface area contributed by atoms with E-state index in [9.17, 15) is 9.59 Å². The van der Waals surface area contributed by atoms with Gasteiger partial charge in [-0.25, -0.2) is 4.98 Å². The van der Waals surface area contributed by atoms with Crippen molar-refractivity contribution in [2.24, 2.45) is 5.92 Å². The standard InChI is InChI=1S/C10H13N3O5/c1-17-7-8(11-4-12-9(7)14)13-6-3-18-2-5(6)10(15)16/h4-6H,2-3H2,1H3,(H,15,16)(H2,11,12,13,14). The van der Waals surface area contributed by atoms with Gasteiger partial charge in [0.2, 0.25) is 5.75 Å². The maximum atomic E-state index is 11.5. The van der Waals surface area contributed by atoms with E-state index in [0.29, 0.717) is 0 Å². The second-order valence-corrected chi connectivity index (χ2v) is 3.85. The summed E-state index contributed by atoms with van der Waals surface area (Å²) in [6.45, 7) is 0.382. The minimum atomic E-state index is -0.950. The number of rotatable bonds is 4. The van der Waals surface area contributed by atoms with Crippen molar-refractivity contribution >= 4 is 11.8 Å². The number of carbonyl (C=O) groups is 1. The Bertz CT molecular complexity index is 501.